The van der Waals surface area contributed by atoms with E-state index < -0.39 is 0 Å². The quantitative estimate of drug-likeness (QED) is 0.896. The van der Waals surface area contributed by atoms with Gasteiger partial charge in [0.1, 0.15) is 5.75 Å². The molecule has 0 fully saturated rings. The van der Waals surface area contributed by atoms with E-state index in [1.165, 1.54) is 11.3 Å². The summed E-state index contributed by atoms with van der Waals surface area (Å²) in [4.78, 5) is 0. The predicted octanol–water partition coefficient (Wildman–Crippen LogP) is 1.96. The van der Waals surface area contributed by atoms with Crippen molar-refractivity contribution in [1.29, 1.82) is 0 Å². The van der Waals surface area contributed by atoms with Gasteiger partial charge in [-0.15, -0.1) is 0 Å². The Morgan fingerprint density at radius 1 is 1.39 bits per heavy atom. The molecule has 0 amide bonds. The molecule has 0 spiro atoms. The van der Waals surface area contributed by atoms with Crippen molar-refractivity contribution in [2.45, 2.75) is 25.9 Å². The molecule has 94 valence electrons. The zero-order chi connectivity index (χ0) is 12.5. The Balaban J connectivity index is 2.22. The number of para-hydroxylation sites is 1. The monoisotopic (exact) mass is 243 g/mol. The number of ether oxygens (including phenoxy) is 1. The predicted molar refractivity (Wildman–Crippen MR) is 70.4 cm³/mol. The van der Waals surface area contributed by atoms with E-state index in [1.54, 1.807) is 7.11 Å². The summed E-state index contributed by atoms with van der Waals surface area (Å²) in [5, 5.41) is 4.60. The number of aryl methyl sites for hydroxylation is 1. The van der Waals surface area contributed by atoms with Gasteiger partial charge in [0, 0.05) is 29.9 Å². The Bertz CT molecular complexity index is 574. The van der Waals surface area contributed by atoms with Gasteiger partial charge in [-0.05, 0) is 18.9 Å². The van der Waals surface area contributed by atoms with E-state index >= 15 is 0 Å². The molecular weight excluding hydrogens is 226 g/mol. The number of nitrogens with two attached hydrogens (primary N) is 1. The second-order valence-electron chi connectivity index (χ2n) is 4.50. The van der Waals surface area contributed by atoms with Crippen LogP contribution >= 0.6 is 0 Å². The van der Waals surface area contributed by atoms with Crippen LogP contribution in [0.1, 0.15) is 17.8 Å². The number of nitrogens with zero attached hydrogens (tertiary/aromatic N) is 2. The number of hydrogen-bond donors (Lipinski definition) is 1. The topological polar surface area (TPSA) is 53.1 Å². The Labute approximate surface area is 106 Å². The van der Waals surface area contributed by atoms with E-state index in [2.05, 4.69) is 15.8 Å². The van der Waals surface area contributed by atoms with Crippen molar-refractivity contribution in [3.05, 3.63) is 35.7 Å². The molecule has 2 aromatic rings. The number of hydrogen-bond acceptors (Lipinski definition) is 3. The van der Waals surface area contributed by atoms with Crippen LogP contribution in [0.3, 0.4) is 0 Å². The minimum atomic E-state index is 0.466. The maximum atomic E-state index is 5.82. The summed E-state index contributed by atoms with van der Waals surface area (Å²) >= 11 is 0. The lowest BCUT2D eigenvalue weighted by Gasteiger charge is -2.09. The van der Waals surface area contributed by atoms with Gasteiger partial charge < -0.3 is 10.5 Å². The summed E-state index contributed by atoms with van der Waals surface area (Å²) in [5.41, 5.74) is 10.4. The van der Waals surface area contributed by atoms with E-state index in [4.69, 9.17) is 10.5 Å². The molecule has 0 saturated carbocycles. The van der Waals surface area contributed by atoms with Crippen molar-refractivity contribution < 1.29 is 4.74 Å². The van der Waals surface area contributed by atoms with Gasteiger partial charge in [0.2, 0.25) is 0 Å². The fourth-order valence-corrected chi connectivity index (χ4v) is 2.69. The molecule has 1 aromatic carbocycles. The van der Waals surface area contributed by atoms with Gasteiger partial charge in [0.15, 0.2) is 0 Å². The highest BCUT2D eigenvalue weighted by atomic mass is 16.5. The van der Waals surface area contributed by atoms with Crippen LogP contribution in [0.15, 0.2) is 24.3 Å². The second-order valence-corrected chi connectivity index (χ2v) is 4.50. The van der Waals surface area contributed by atoms with Crippen LogP contribution in [0.4, 0.5) is 0 Å². The van der Waals surface area contributed by atoms with Gasteiger partial charge in [0.25, 0.3) is 0 Å². The van der Waals surface area contributed by atoms with Crippen LogP contribution in [0.2, 0.25) is 0 Å². The highest BCUT2D eigenvalue weighted by Crippen LogP contribution is 2.36. The first-order valence-electron chi connectivity index (χ1n) is 6.27. The molecule has 4 nitrogen and oxygen atoms in total. The molecule has 4 heteroatoms. The third-order valence-electron chi connectivity index (χ3n) is 3.48. The highest BCUT2D eigenvalue weighted by molar-refractivity contribution is 5.75. The lowest BCUT2D eigenvalue weighted by molar-refractivity contribution is 0.416. The lowest BCUT2D eigenvalue weighted by atomic mass is 10.0. The Morgan fingerprint density at radius 2 is 2.22 bits per heavy atom. The maximum absolute atomic E-state index is 5.82. The van der Waals surface area contributed by atoms with Crippen LogP contribution in [0.5, 0.6) is 5.75 Å². The van der Waals surface area contributed by atoms with Crippen molar-refractivity contribution >= 4 is 0 Å². The molecule has 2 heterocycles. The third kappa shape index (κ3) is 1.61. The SMILES string of the molecule is COc1ccccc1-c1c(CN)nn2c1CCC2. The van der Waals surface area contributed by atoms with Gasteiger partial charge >= 0.3 is 0 Å². The molecule has 0 saturated heterocycles. The molecular formula is C14H17N3O. The minimum absolute atomic E-state index is 0.466. The molecule has 0 atom stereocenters. The molecule has 0 aliphatic carbocycles. The molecule has 0 bridgehead atoms. The number of aromatic nitrogens is 2. The average Bonchev–Trinajstić information content (AvgIpc) is 2.98. The number of fused-ring (bicyclic) bond motifs is 1. The number of methoxy groups -OCH3 is 1. The standard InChI is InChI=1S/C14H17N3O/c1-18-13-7-3-2-5-10(13)14-11(9-15)16-17-8-4-6-12(14)17/h2-3,5,7H,4,6,8-9,15H2,1H3. The minimum Gasteiger partial charge on any atom is -0.496 e. The van der Waals surface area contributed by atoms with Crippen LogP contribution in [0, 0.1) is 0 Å². The van der Waals surface area contributed by atoms with Gasteiger partial charge in [-0.1, -0.05) is 18.2 Å². The fourth-order valence-electron chi connectivity index (χ4n) is 2.69. The van der Waals surface area contributed by atoms with Crippen molar-refractivity contribution in [3.63, 3.8) is 0 Å². The highest BCUT2D eigenvalue weighted by Gasteiger charge is 2.23. The normalized spacial score (nSPS) is 13.7. The molecule has 1 aliphatic heterocycles. The smallest absolute Gasteiger partial charge is 0.126 e. The second kappa shape index (κ2) is 4.46. The lowest BCUT2D eigenvalue weighted by Crippen LogP contribution is -2.01. The molecule has 3 rings (SSSR count). The van der Waals surface area contributed by atoms with Gasteiger partial charge in [0.05, 0.1) is 12.8 Å². The number of rotatable bonds is 3. The van der Waals surface area contributed by atoms with Crippen molar-refractivity contribution in [3.8, 4) is 16.9 Å². The molecule has 0 unspecified atom stereocenters. The molecule has 18 heavy (non-hydrogen) atoms. The third-order valence-corrected chi connectivity index (χ3v) is 3.48. The summed E-state index contributed by atoms with van der Waals surface area (Å²) < 4.78 is 7.54. The van der Waals surface area contributed by atoms with E-state index in [9.17, 15) is 0 Å². The Morgan fingerprint density at radius 3 is 3.00 bits per heavy atom. The first kappa shape index (κ1) is 11.3. The van der Waals surface area contributed by atoms with Crippen molar-refractivity contribution in [2.75, 3.05) is 7.11 Å². The van der Waals surface area contributed by atoms with E-state index in [-0.39, 0.29) is 0 Å². The zero-order valence-electron chi connectivity index (χ0n) is 10.5. The van der Waals surface area contributed by atoms with Crippen LogP contribution in [-0.2, 0) is 19.5 Å². The Kier molecular flexibility index (Phi) is 2.80. The summed E-state index contributed by atoms with van der Waals surface area (Å²) in [5.74, 6) is 0.884. The summed E-state index contributed by atoms with van der Waals surface area (Å²) in [6.45, 7) is 1.46. The fraction of sp³-hybridized carbons (Fsp3) is 0.357. The zero-order valence-corrected chi connectivity index (χ0v) is 10.5. The summed E-state index contributed by atoms with van der Waals surface area (Å²) in [6, 6.07) is 8.06. The van der Waals surface area contributed by atoms with Gasteiger partial charge in [-0.2, -0.15) is 5.10 Å². The summed E-state index contributed by atoms with van der Waals surface area (Å²) in [6.07, 6.45) is 2.23. The number of benzene rings is 1. The Hall–Kier alpha value is -1.81. The molecule has 2 N–H and O–H groups in total. The van der Waals surface area contributed by atoms with E-state index in [0.717, 1.165) is 36.4 Å². The molecule has 0 radical (unpaired) electrons. The van der Waals surface area contributed by atoms with Crippen LogP contribution in [0.25, 0.3) is 11.1 Å². The van der Waals surface area contributed by atoms with Crippen molar-refractivity contribution in [1.82, 2.24) is 9.78 Å². The van der Waals surface area contributed by atoms with Crippen LogP contribution < -0.4 is 10.5 Å². The van der Waals surface area contributed by atoms with Crippen LogP contribution in [-0.4, -0.2) is 16.9 Å². The van der Waals surface area contributed by atoms with E-state index in [0.29, 0.717) is 6.54 Å². The first-order valence-corrected chi connectivity index (χ1v) is 6.27. The maximum Gasteiger partial charge on any atom is 0.126 e. The molecule has 1 aromatic heterocycles. The first-order chi connectivity index (χ1) is 8.85. The largest absolute Gasteiger partial charge is 0.496 e. The van der Waals surface area contributed by atoms with Gasteiger partial charge in [-0.3, -0.25) is 4.68 Å². The summed E-state index contributed by atoms with van der Waals surface area (Å²) in [7, 11) is 1.70. The average molecular weight is 243 g/mol. The van der Waals surface area contributed by atoms with Crippen molar-refractivity contribution in [2.24, 2.45) is 5.73 Å². The molecule has 1 aliphatic rings. The van der Waals surface area contributed by atoms with Gasteiger partial charge in [-0.25, -0.2) is 0 Å². The van der Waals surface area contributed by atoms with E-state index in [1.807, 2.05) is 18.2 Å².